The molecule has 0 bridgehead atoms. The molecular weight excluding hydrogens is 434 g/mol. The van der Waals surface area contributed by atoms with Crippen LogP contribution in [0, 0.1) is 0 Å². The molecule has 1 aliphatic rings. The predicted molar refractivity (Wildman–Crippen MR) is 116 cm³/mol. The number of rotatable bonds is 3. The number of hydrogen-bond donors (Lipinski definition) is 1. The predicted octanol–water partition coefficient (Wildman–Crippen LogP) is 6.35. The minimum Gasteiger partial charge on any atom is -0.386 e. The lowest BCUT2D eigenvalue weighted by molar-refractivity contribution is -0.138. The molecule has 1 N–H and O–H groups in total. The summed E-state index contributed by atoms with van der Waals surface area (Å²) in [5.41, 5.74) is 1.09. The van der Waals surface area contributed by atoms with Crippen LogP contribution in [0.25, 0.3) is 22.4 Å². The smallest absolute Gasteiger partial charge is 0.386 e. The molecule has 0 radical (unpaired) electrons. The number of alkyl halides is 4. The molecule has 0 aliphatic carbocycles. The number of aromatic nitrogens is 3. The molecule has 170 valence electrons. The van der Waals surface area contributed by atoms with Crippen molar-refractivity contribution in [1.82, 2.24) is 14.5 Å². The first-order chi connectivity index (χ1) is 15.5. The Morgan fingerprint density at radius 2 is 1.64 bits per heavy atom. The van der Waals surface area contributed by atoms with Crippen molar-refractivity contribution in [1.29, 1.82) is 0 Å². The van der Waals surface area contributed by atoms with E-state index in [-0.39, 0.29) is 17.8 Å². The minimum absolute atomic E-state index is 0.00688. The molecule has 3 heterocycles. The Labute approximate surface area is 187 Å². The van der Waals surface area contributed by atoms with Gasteiger partial charge in [-0.2, -0.15) is 13.2 Å². The highest BCUT2D eigenvalue weighted by Gasteiger charge is 2.41. The van der Waals surface area contributed by atoms with Gasteiger partial charge in [-0.3, -0.25) is 0 Å². The highest BCUT2D eigenvalue weighted by atomic mass is 19.4. The monoisotopic (exact) mass is 455 g/mol. The van der Waals surface area contributed by atoms with Crippen molar-refractivity contribution in [3.8, 4) is 11.3 Å². The Hall–Kier alpha value is -3.26. The van der Waals surface area contributed by atoms with Crippen LogP contribution >= 0.6 is 0 Å². The molecule has 0 spiro atoms. The van der Waals surface area contributed by atoms with Crippen LogP contribution in [0.4, 0.5) is 17.6 Å². The Morgan fingerprint density at radius 1 is 0.939 bits per heavy atom. The summed E-state index contributed by atoms with van der Waals surface area (Å²) in [5.74, 6) is 0.0917. The van der Waals surface area contributed by atoms with Crippen molar-refractivity contribution >= 4 is 11.2 Å². The van der Waals surface area contributed by atoms with E-state index in [0.717, 1.165) is 17.2 Å². The normalized spacial score (nSPS) is 18.6. The highest BCUT2D eigenvalue weighted by Crippen LogP contribution is 2.46. The van der Waals surface area contributed by atoms with E-state index in [9.17, 15) is 22.7 Å². The molecule has 4 aromatic rings. The van der Waals surface area contributed by atoms with Gasteiger partial charge in [0.05, 0.1) is 22.9 Å². The molecule has 8 heteroatoms. The van der Waals surface area contributed by atoms with Gasteiger partial charge in [-0.05, 0) is 43.2 Å². The molecule has 2 atom stereocenters. The molecule has 0 saturated heterocycles. The summed E-state index contributed by atoms with van der Waals surface area (Å²) in [7, 11) is 0. The molecule has 0 amide bonds. The number of hydrogen-bond acceptors (Lipinski definition) is 3. The Morgan fingerprint density at radius 3 is 2.30 bits per heavy atom. The summed E-state index contributed by atoms with van der Waals surface area (Å²) in [6, 6.07) is 15.1. The number of pyridine rings is 1. The second-order valence-electron chi connectivity index (χ2n) is 8.82. The van der Waals surface area contributed by atoms with Crippen LogP contribution in [0.3, 0.4) is 0 Å². The van der Waals surface area contributed by atoms with Crippen LogP contribution in [0.5, 0.6) is 0 Å². The van der Waals surface area contributed by atoms with Crippen molar-refractivity contribution in [3.05, 3.63) is 83.2 Å². The second kappa shape index (κ2) is 7.38. The van der Waals surface area contributed by atoms with Crippen molar-refractivity contribution in [2.24, 2.45) is 0 Å². The van der Waals surface area contributed by atoms with Crippen LogP contribution in [-0.2, 0) is 11.8 Å². The van der Waals surface area contributed by atoms with Crippen LogP contribution in [0.15, 0.2) is 60.7 Å². The van der Waals surface area contributed by atoms with Gasteiger partial charge in [0.25, 0.3) is 0 Å². The van der Waals surface area contributed by atoms with E-state index >= 15 is 0 Å². The lowest BCUT2D eigenvalue weighted by Gasteiger charge is -2.20. The van der Waals surface area contributed by atoms with E-state index in [1.54, 1.807) is 38.1 Å². The highest BCUT2D eigenvalue weighted by molar-refractivity contribution is 5.77. The first-order valence-corrected chi connectivity index (χ1v) is 10.6. The Kier molecular flexibility index (Phi) is 4.83. The van der Waals surface area contributed by atoms with Gasteiger partial charge < -0.3 is 9.67 Å². The molecule has 2 aromatic carbocycles. The number of halogens is 4. The van der Waals surface area contributed by atoms with Gasteiger partial charge in [0.15, 0.2) is 11.8 Å². The van der Waals surface area contributed by atoms with Crippen molar-refractivity contribution in [3.63, 3.8) is 0 Å². The number of aliphatic hydroxyl groups is 1. The molecule has 33 heavy (non-hydrogen) atoms. The van der Waals surface area contributed by atoms with Crippen molar-refractivity contribution in [2.45, 2.75) is 44.3 Å². The van der Waals surface area contributed by atoms with E-state index in [1.165, 1.54) is 22.8 Å². The summed E-state index contributed by atoms with van der Waals surface area (Å²) < 4.78 is 57.4. The fraction of sp³-hybridized carbons (Fsp3) is 0.280. The zero-order valence-corrected chi connectivity index (χ0v) is 17.9. The summed E-state index contributed by atoms with van der Waals surface area (Å²) in [5, 5.41) is 10.2. The Balaban J connectivity index is 1.63. The average Bonchev–Trinajstić information content (AvgIpc) is 3.30. The lowest BCUT2D eigenvalue weighted by Crippen LogP contribution is -2.15. The van der Waals surface area contributed by atoms with Gasteiger partial charge in [-0.25, -0.2) is 14.4 Å². The fourth-order valence-electron chi connectivity index (χ4n) is 4.45. The first kappa shape index (κ1) is 21.6. The van der Waals surface area contributed by atoms with Gasteiger partial charge in [0.1, 0.15) is 11.3 Å². The van der Waals surface area contributed by atoms with Crippen molar-refractivity contribution < 1.29 is 22.7 Å². The largest absolute Gasteiger partial charge is 0.416 e. The topological polar surface area (TPSA) is 50.9 Å². The summed E-state index contributed by atoms with van der Waals surface area (Å²) in [4.78, 5) is 9.00. The van der Waals surface area contributed by atoms with Gasteiger partial charge in [-0.15, -0.1) is 0 Å². The summed E-state index contributed by atoms with van der Waals surface area (Å²) in [6.07, 6.45) is -6.17. The van der Waals surface area contributed by atoms with Crippen LogP contribution < -0.4 is 0 Å². The Bertz CT molecular complexity index is 1340. The van der Waals surface area contributed by atoms with Gasteiger partial charge in [-0.1, -0.05) is 42.5 Å². The number of fused-ring (bicyclic) bond motifs is 3. The van der Waals surface area contributed by atoms with Crippen LogP contribution in [0.2, 0.25) is 0 Å². The van der Waals surface area contributed by atoms with Crippen LogP contribution in [0.1, 0.15) is 55.0 Å². The summed E-state index contributed by atoms with van der Waals surface area (Å²) >= 11 is 0. The van der Waals surface area contributed by atoms with E-state index in [2.05, 4.69) is 9.97 Å². The zero-order valence-electron chi connectivity index (χ0n) is 17.9. The molecular formula is C25H21F4N3O. The number of benzene rings is 2. The SMILES string of the molecule is CC(C)(O)c1ccc(-c2ccc3nc4n(c3n2)C(c2ccccc2C(F)(F)F)CC4F)cc1. The van der Waals surface area contributed by atoms with Crippen LogP contribution in [-0.4, -0.2) is 19.6 Å². The number of nitrogens with zero attached hydrogens (tertiary/aromatic N) is 3. The standard InChI is InChI=1S/C25H21F4N3O/c1-24(2,33)15-9-7-14(8-10-15)19-11-12-20-23(30-19)32-21(13-18(26)22(32)31-20)16-5-3-4-6-17(16)25(27,28)29/h3-12,18,21,33H,13H2,1-2H3. The maximum atomic E-state index is 14.9. The van der Waals surface area contributed by atoms with E-state index < -0.39 is 29.6 Å². The number of imidazole rings is 1. The maximum Gasteiger partial charge on any atom is 0.416 e. The van der Waals surface area contributed by atoms with E-state index in [4.69, 9.17) is 0 Å². The quantitative estimate of drug-likeness (QED) is 0.366. The van der Waals surface area contributed by atoms with Crippen molar-refractivity contribution in [2.75, 3.05) is 0 Å². The minimum atomic E-state index is -4.55. The third-order valence-corrected chi connectivity index (χ3v) is 6.10. The third kappa shape index (κ3) is 3.68. The zero-order chi connectivity index (χ0) is 23.5. The molecule has 4 nitrogen and oxygen atoms in total. The molecule has 1 aliphatic heterocycles. The third-order valence-electron chi connectivity index (χ3n) is 6.10. The molecule has 5 rings (SSSR count). The fourth-order valence-corrected chi connectivity index (χ4v) is 4.45. The maximum absolute atomic E-state index is 14.9. The molecule has 0 fully saturated rings. The van der Waals surface area contributed by atoms with E-state index in [1.807, 2.05) is 12.1 Å². The van der Waals surface area contributed by atoms with Gasteiger partial charge in [0.2, 0.25) is 0 Å². The second-order valence-corrected chi connectivity index (χ2v) is 8.82. The molecule has 2 aromatic heterocycles. The van der Waals surface area contributed by atoms with Gasteiger partial charge >= 0.3 is 6.18 Å². The summed E-state index contributed by atoms with van der Waals surface area (Å²) in [6.45, 7) is 3.38. The molecule has 0 saturated carbocycles. The van der Waals surface area contributed by atoms with Gasteiger partial charge in [0, 0.05) is 12.0 Å². The molecule has 2 unspecified atom stereocenters. The van der Waals surface area contributed by atoms with E-state index in [0.29, 0.717) is 16.9 Å². The average molecular weight is 455 g/mol. The lowest BCUT2D eigenvalue weighted by atomic mass is 9.96. The first-order valence-electron chi connectivity index (χ1n) is 10.6.